The lowest BCUT2D eigenvalue weighted by molar-refractivity contribution is -0.119. The first-order valence-corrected chi connectivity index (χ1v) is 16.2. The first-order chi connectivity index (χ1) is 22.7. The zero-order chi connectivity index (χ0) is 33.4. The van der Waals surface area contributed by atoms with Crippen molar-refractivity contribution in [3.05, 3.63) is 144 Å². The van der Waals surface area contributed by atoms with Crippen LogP contribution in [0.2, 0.25) is 0 Å². The minimum Gasteiger partial charge on any atom is -0.507 e. The number of nitrogens with zero attached hydrogens (tertiary/aromatic N) is 2. The second-order valence-corrected chi connectivity index (χ2v) is 12.6. The summed E-state index contributed by atoms with van der Waals surface area (Å²) >= 11 is 0. The molecule has 0 saturated carbocycles. The van der Waals surface area contributed by atoms with Gasteiger partial charge in [0, 0.05) is 12.2 Å². The number of aromatic hydroxyl groups is 1. The van der Waals surface area contributed by atoms with Gasteiger partial charge < -0.3 is 19.5 Å². The highest BCUT2D eigenvalue weighted by Gasteiger charge is 2.30. The molecule has 0 aromatic heterocycles. The zero-order valence-electron chi connectivity index (χ0n) is 25.9. The fourth-order valence-electron chi connectivity index (χ4n) is 5.05. The Morgan fingerprint density at radius 3 is 1.91 bits per heavy atom. The van der Waals surface area contributed by atoms with E-state index in [0.29, 0.717) is 11.3 Å². The molecule has 0 heterocycles. The van der Waals surface area contributed by atoms with Gasteiger partial charge in [-0.2, -0.15) is 4.31 Å². The molecule has 5 aromatic carbocycles. The number of esters is 1. The summed E-state index contributed by atoms with van der Waals surface area (Å²) in [6.07, 6.45) is 0. The standard InChI is InChI=1S/C37H34N2O7S/c1-45-32-18-13-28(14-19-32)25-39(31-17-22-35(40)34(23-31)37(42)46-2)36(41)26-38(24-27-9-5-3-6-10-27)47(43,44)33-20-15-30(16-21-33)29-11-7-4-8-12-29/h3-23,40H,24-26H2,1-2H3. The topological polar surface area (TPSA) is 113 Å². The van der Waals surface area contributed by atoms with Crippen molar-refractivity contribution in [3.8, 4) is 22.6 Å². The molecule has 47 heavy (non-hydrogen) atoms. The number of phenols is 1. The number of anilines is 1. The Kier molecular flexibility index (Phi) is 10.3. The van der Waals surface area contributed by atoms with Crippen molar-refractivity contribution in [2.45, 2.75) is 18.0 Å². The van der Waals surface area contributed by atoms with Crippen molar-refractivity contribution in [2.75, 3.05) is 25.7 Å². The maximum Gasteiger partial charge on any atom is 0.341 e. The minimum atomic E-state index is -4.17. The molecule has 5 aromatic rings. The van der Waals surface area contributed by atoms with Crippen LogP contribution in [0.5, 0.6) is 11.5 Å². The van der Waals surface area contributed by atoms with Crippen LogP contribution in [0.15, 0.2) is 132 Å². The SMILES string of the molecule is COC(=O)c1cc(N(Cc2ccc(OC)cc2)C(=O)CN(Cc2ccccc2)S(=O)(=O)c2ccc(-c3ccccc3)cc2)ccc1O. The highest BCUT2D eigenvalue weighted by Crippen LogP contribution is 2.28. The monoisotopic (exact) mass is 650 g/mol. The first kappa shape index (κ1) is 32.9. The van der Waals surface area contributed by atoms with Crippen molar-refractivity contribution in [3.63, 3.8) is 0 Å². The van der Waals surface area contributed by atoms with Crippen molar-refractivity contribution in [2.24, 2.45) is 0 Å². The molecule has 0 spiro atoms. The molecule has 0 aliphatic heterocycles. The minimum absolute atomic E-state index is 0.0409. The van der Waals surface area contributed by atoms with E-state index >= 15 is 0 Å². The van der Waals surface area contributed by atoms with Crippen LogP contribution < -0.4 is 9.64 Å². The summed E-state index contributed by atoms with van der Waals surface area (Å²) in [5, 5.41) is 10.3. The smallest absolute Gasteiger partial charge is 0.341 e. The Labute approximate surface area is 274 Å². The molecule has 10 heteroatoms. The number of methoxy groups -OCH3 is 2. The molecule has 0 aliphatic carbocycles. The number of ether oxygens (including phenoxy) is 2. The molecule has 9 nitrogen and oxygen atoms in total. The summed E-state index contributed by atoms with van der Waals surface area (Å²) in [7, 11) is -1.43. The molecule has 0 aliphatic rings. The van der Waals surface area contributed by atoms with Crippen LogP contribution >= 0.6 is 0 Å². The van der Waals surface area contributed by atoms with E-state index < -0.39 is 28.4 Å². The summed E-state index contributed by atoms with van der Waals surface area (Å²) < 4.78 is 39.6. The number of sulfonamides is 1. The molecular weight excluding hydrogens is 616 g/mol. The first-order valence-electron chi connectivity index (χ1n) is 14.7. The quantitative estimate of drug-likeness (QED) is 0.158. The molecule has 240 valence electrons. The fraction of sp³-hybridized carbons (Fsp3) is 0.135. The third kappa shape index (κ3) is 7.86. The van der Waals surface area contributed by atoms with Crippen LogP contribution in [0.1, 0.15) is 21.5 Å². The molecule has 0 atom stereocenters. The van der Waals surface area contributed by atoms with Gasteiger partial charge in [-0.25, -0.2) is 13.2 Å². The molecule has 0 radical (unpaired) electrons. The third-order valence-corrected chi connectivity index (χ3v) is 9.42. The third-order valence-electron chi connectivity index (χ3n) is 7.61. The van der Waals surface area contributed by atoms with Crippen LogP contribution in [-0.2, 0) is 32.6 Å². The van der Waals surface area contributed by atoms with Crippen molar-refractivity contribution in [1.82, 2.24) is 4.31 Å². The lowest BCUT2D eigenvalue weighted by Crippen LogP contribution is -2.42. The maximum absolute atomic E-state index is 14.2. The number of rotatable bonds is 12. The van der Waals surface area contributed by atoms with E-state index in [0.717, 1.165) is 21.0 Å². The van der Waals surface area contributed by atoms with Crippen LogP contribution in [0.25, 0.3) is 11.1 Å². The number of amides is 1. The lowest BCUT2D eigenvalue weighted by atomic mass is 10.1. The molecular formula is C37H34N2O7S. The highest BCUT2D eigenvalue weighted by molar-refractivity contribution is 7.89. The summed E-state index contributed by atoms with van der Waals surface area (Å²) in [5.41, 5.74) is 3.36. The van der Waals surface area contributed by atoms with Gasteiger partial charge in [0.2, 0.25) is 15.9 Å². The fourth-order valence-corrected chi connectivity index (χ4v) is 6.43. The average Bonchev–Trinajstić information content (AvgIpc) is 3.11. The number of phenolic OH excluding ortho intramolecular Hbond substituents is 1. The molecule has 5 rings (SSSR count). The Hall–Kier alpha value is -5.45. The van der Waals surface area contributed by atoms with Gasteiger partial charge in [-0.1, -0.05) is 84.9 Å². The van der Waals surface area contributed by atoms with Gasteiger partial charge in [0.15, 0.2) is 0 Å². The largest absolute Gasteiger partial charge is 0.507 e. The second kappa shape index (κ2) is 14.8. The van der Waals surface area contributed by atoms with E-state index in [2.05, 4.69) is 0 Å². The van der Waals surface area contributed by atoms with Gasteiger partial charge in [-0.05, 0) is 64.7 Å². The van der Waals surface area contributed by atoms with Gasteiger partial charge >= 0.3 is 5.97 Å². The average molecular weight is 651 g/mol. The molecule has 0 saturated heterocycles. The summed E-state index contributed by atoms with van der Waals surface area (Å²) in [6, 6.07) is 36.4. The predicted molar refractivity (Wildman–Crippen MR) is 180 cm³/mol. The van der Waals surface area contributed by atoms with E-state index in [9.17, 15) is 23.1 Å². The molecule has 1 N–H and O–H groups in total. The number of hydrogen-bond acceptors (Lipinski definition) is 7. The Morgan fingerprint density at radius 2 is 1.30 bits per heavy atom. The summed E-state index contributed by atoms with van der Waals surface area (Å²) in [5.74, 6) is -1.02. The molecule has 0 unspecified atom stereocenters. The van der Waals surface area contributed by atoms with E-state index in [-0.39, 0.29) is 35.0 Å². The normalized spacial score (nSPS) is 11.2. The van der Waals surface area contributed by atoms with Crippen molar-refractivity contribution < 1.29 is 32.6 Å². The van der Waals surface area contributed by atoms with Crippen LogP contribution in [0, 0.1) is 0 Å². The molecule has 0 bridgehead atoms. The zero-order valence-corrected chi connectivity index (χ0v) is 26.8. The van der Waals surface area contributed by atoms with Crippen LogP contribution in [0.4, 0.5) is 5.69 Å². The van der Waals surface area contributed by atoms with Crippen molar-refractivity contribution >= 4 is 27.6 Å². The Balaban J connectivity index is 1.52. The van der Waals surface area contributed by atoms with E-state index in [4.69, 9.17) is 9.47 Å². The van der Waals surface area contributed by atoms with Gasteiger partial charge in [-0.15, -0.1) is 0 Å². The second-order valence-electron chi connectivity index (χ2n) is 10.7. The molecule has 0 fully saturated rings. The van der Waals surface area contributed by atoms with Crippen molar-refractivity contribution in [1.29, 1.82) is 0 Å². The van der Waals surface area contributed by atoms with E-state index in [1.165, 1.54) is 42.3 Å². The van der Waals surface area contributed by atoms with E-state index in [1.54, 1.807) is 67.8 Å². The number of benzene rings is 5. The van der Waals surface area contributed by atoms with Gasteiger partial charge in [0.25, 0.3) is 0 Å². The number of hydrogen-bond donors (Lipinski definition) is 1. The van der Waals surface area contributed by atoms with Gasteiger partial charge in [-0.3, -0.25) is 4.79 Å². The van der Waals surface area contributed by atoms with Gasteiger partial charge in [0.1, 0.15) is 17.1 Å². The number of carbonyl (C=O) groups is 2. The Bertz CT molecular complexity index is 1930. The molecule has 1 amide bonds. The number of carbonyl (C=O) groups excluding carboxylic acids is 2. The summed E-state index contributed by atoms with van der Waals surface area (Å²) in [6.45, 7) is -0.532. The summed E-state index contributed by atoms with van der Waals surface area (Å²) in [4.78, 5) is 28.1. The van der Waals surface area contributed by atoms with Gasteiger partial charge in [0.05, 0.1) is 32.2 Å². The lowest BCUT2D eigenvalue weighted by Gasteiger charge is -2.28. The maximum atomic E-state index is 14.2. The van der Waals surface area contributed by atoms with Crippen LogP contribution in [0.3, 0.4) is 0 Å². The predicted octanol–water partition coefficient (Wildman–Crippen LogP) is 6.28. The van der Waals surface area contributed by atoms with E-state index in [1.807, 2.05) is 36.4 Å². The van der Waals surface area contributed by atoms with Crippen LogP contribution in [-0.4, -0.2) is 50.5 Å². The highest BCUT2D eigenvalue weighted by atomic mass is 32.2. The Morgan fingerprint density at radius 1 is 0.702 bits per heavy atom.